The first-order chi connectivity index (χ1) is 11.5. The van der Waals surface area contributed by atoms with Crippen LogP contribution in [0.25, 0.3) is 0 Å². The van der Waals surface area contributed by atoms with E-state index in [1.807, 2.05) is 24.3 Å². The molecular weight excluding hydrogens is 319 g/mol. The first-order valence-corrected chi connectivity index (χ1v) is 7.39. The van der Waals surface area contributed by atoms with E-state index in [2.05, 4.69) is 10.4 Å². The van der Waals surface area contributed by atoms with Crippen LogP contribution in [-0.4, -0.2) is 19.5 Å². The third-order valence-electron chi connectivity index (χ3n) is 3.65. The van der Waals surface area contributed by atoms with Crippen LogP contribution in [0.1, 0.15) is 12.0 Å². The zero-order chi connectivity index (χ0) is 17.2. The second-order valence-electron chi connectivity index (χ2n) is 5.32. The number of anilines is 2. The van der Waals surface area contributed by atoms with Gasteiger partial charge in [-0.3, -0.25) is 5.01 Å². The number of methoxy groups -OCH3 is 1. The summed E-state index contributed by atoms with van der Waals surface area (Å²) in [5, 5.41) is 9.10. The third kappa shape index (κ3) is 3.61. The molecule has 0 atom stereocenters. The van der Waals surface area contributed by atoms with Crippen molar-refractivity contribution in [2.45, 2.75) is 12.6 Å². The molecule has 0 aromatic heterocycles. The molecule has 3 rings (SSSR count). The summed E-state index contributed by atoms with van der Waals surface area (Å²) in [4.78, 5) is 0. The van der Waals surface area contributed by atoms with Gasteiger partial charge >= 0.3 is 6.18 Å². The predicted octanol–water partition coefficient (Wildman–Crippen LogP) is 4.35. The van der Waals surface area contributed by atoms with Crippen molar-refractivity contribution in [2.24, 2.45) is 5.10 Å². The summed E-state index contributed by atoms with van der Waals surface area (Å²) in [6.07, 6.45) is -3.73. The zero-order valence-electron chi connectivity index (χ0n) is 13.0. The number of hydrogen-bond acceptors (Lipinski definition) is 4. The van der Waals surface area contributed by atoms with E-state index in [1.165, 1.54) is 6.07 Å². The molecule has 24 heavy (non-hydrogen) atoms. The maximum Gasteiger partial charge on any atom is 0.416 e. The second kappa shape index (κ2) is 6.43. The van der Waals surface area contributed by atoms with Gasteiger partial charge in [0.15, 0.2) is 0 Å². The van der Waals surface area contributed by atoms with Crippen molar-refractivity contribution in [3.8, 4) is 5.75 Å². The van der Waals surface area contributed by atoms with Gasteiger partial charge < -0.3 is 10.1 Å². The molecular formula is C17H16F3N3O. The van der Waals surface area contributed by atoms with E-state index >= 15 is 0 Å². The molecule has 0 saturated carbocycles. The molecule has 1 aliphatic heterocycles. The Morgan fingerprint density at radius 2 is 1.88 bits per heavy atom. The van der Waals surface area contributed by atoms with E-state index in [1.54, 1.807) is 18.2 Å². The number of benzene rings is 2. The van der Waals surface area contributed by atoms with Crippen LogP contribution in [0.2, 0.25) is 0 Å². The summed E-state index contributed by atoms with van der Waals surface area (Å²) in [5.41, 5.74) is 0.601. The van der Waals surface area contributed by atoms with Crippen molar-refractivity contribution in [3.63, 3.8) is 0 Å². The molecule has 1 N–H and O–H groups in total. The van der Waals surface area contributed by atoms with Gasteiger partial charge in [-0.25, -0.2) is 0 Å². The molecule has 0 saturated heterocycles. The van der Waals surface area contributed by atoms with Gasteiger partial charge in [-0.05, 0) is 42.5 Å². The fourth-order valence-electron chi connectivity index (χ4n) is 2.42. The highest BCUT2D eigenvalue weighted by molar-refractivity contribution is 5.97. The number of alkyl halides is 3. The van der Waals surface area contributed by atoms with E-state index in [9.17, 15) is 13.2 Å². The van der Waals surface area contributed by atoms with E-state index < -0.39 is 11.7 Å². The van der Waals surface area contributed by atoms with E-state index in [0.717, 1.165) is 23.6 Å². The van der Waals surface area contributed by atoms with Gasteiger partial charge in [0, 0.05) is 18.7 Å². The molecule has 0 radical (unpaired) electrons. The predicted molar refractivity (Wildman–Crippen MR) is 87.5 cm³/mol. The van der Waals surface area contributed by atoms with Crippen molar-refractivity contribution >= 4 is 17.2 Å². The van der Waals surface area contributed by atoms with E-state index in [0.29, 0.717) is 24.5 Å². The average Bonchev–Trinajstić information content (AvgIpc) is 3.03. The molecule has 2 aromatic rings. The van der Waals surface area contributed by atoms with Crippen LogP contribution in [0.4, 0.5) is 24.5 Å². The Morgan fingerprint density at radius 1 is 1.12 bits per heavy atom. The van der Waals surface area contributed by atoms with Gasteiger partial charge in [0.2, 0.25) is 0 Å². The Bertz CT molecular complexity index is 741. The SMILES string of the molecule is COc1ccc(NC2=NN(c3cccc(C(F)(F)F)c3)CC2)cc1. The third-order valence-corrected chi connectivity index (χ3v) is 3.65. The maximum atomic E-state index is 12.8. The molecule has 0 aliphatic carbocycles. The van der Waals surface area contributed by atoms with Gasteiger partial charge in [-0.1, -0.05) is 6.07 Å². The molecule has 0 fully saturated rings. The van der Waals surface area contributed by atoms with Crippen molar-refractivity contribution in [1.82, 2.24) is 0 Å². The highest BCUT2D eigenvalue weighted by atomic mass is 19.4. The maximum absolute atomic E-state index is 12.8. The number of halogens is 3. The normalized spacial score (nSPS) is 14.5. The Hall–Kier alpha value is -2.70. The van der Waals surface area contributed by atoms with Crippen LogP contribution < -0.4 is 15.1 Å². The number of ether oxygens (including phenoxy) is 1. The molecule has 2 aromatic carbocycles. The van der Waals surface area contributed by atoms with Gasteiger partial charge in [-0.2, -0.15) is 18.3 Å². The first-order valence-electron chi connectivity index (χ1n) is 7.39. The summed E-state index contributed by atoms with van der Waals surface area (Å²) in [6, 6.07) is 12.5. The monoisotopic (exact) mass is 335 g/mol. The van der Waals surface area contributed by atoms with Crippen LogP contribution in [0, 0.1) is 0 Å². The minimum absolute atomic E-state index is 0.427. The number of rotatable bonds is 3. The Kier molecular flexibility index (Phi) is 4.33. The number of hydrazone groups is 1. The van der Waals surface area contributed by atoms with Gasteiger partial charge in [0.25, 0.3) is 0 Å². The van der Waals surface area contributed by atoms with Crippen LogP contribution in [0.5, 0.6) is 5.75 Å². The molecule has 0 amide bonds. The molecule has 126 valence electrons. The highest BCUT2D eigenvalue weighted by Gasteiger charge is 2.31. The van der Waals surface area contributed by atoms with Crippen molar-refractivity contribution < 1.29 is 17.9 Å². The lowest BCUT2D eigenvalue weighted by molar-refractivity contribution is -0.137. The molecule has 4 nitrogen and oxygen atoms in total. The molecule has 1 aliphatic rings. The Balaban J connectivity index is 1.73. The van der Waals surface area contributed by atoms with Crippen molar-refractivity contribution in [2.75, 3.05) is 24.0 Å². The first kappa shape index (κ1) is 16.2. The van der Waals surface area contributed by atoms with E-state index in [4.69, 9.17) is 4.74 Å². The summed E-state index contributed by atoms with van der Waals surface area (Å²) in [6.45, 7) is 0.528. The van der Waals surface area contributed by atoms with Gasteiger partial charge in [0.05, 0.1) is 18.4 Å². The molecule has 0 unspecified atom stereocenters. The lowest BCUT2D eigenvalue weighted by atomic mass is 10.2. The summed E-state index contributed by atoms with van der Waals surface area (Å²) in [7, 11) is 1.59. The summed E-state index contributed by atoms with van der Waals surface area (Å²) < 4.78 is 43.5. The molecule has 1 heterocycles. The van der Waals surface area contributed by atoms with E-state index in [-0.39, 0.29) is 0 Å². The quantitative estimate of drug-likeness (QED) is 0.906. The highest BCUT2D eigenvalue weighted by Crippen LogP contribution is 2.32. The van der Waals surface area contributed by atoms with Crippen LogP contribution in [0.15, 0.2) is 53.6 Å². The van der Waals surface area contributed by atoms with Crippen LogP contribution in [-0.2, 0) is 6.18 Å². The number of hydrogen-bond donors (Lipinski definition) is 1. The molecule has 0 spiro atoms. The smallest absolute Gasteiger partial charge is 0.416 e. The zero-order valence-corrected chi connectivity index (χ0v) is 13.0. The lowest BCUT2D eigenvalue weighted by Gasteiger charge is -2.15. The fraction of sp³-hybridized carbons (Fsp3) is 0.235. The van der Waals surface area contributed by atoms with Crippen LogP contribution in [0.3, 0.4) is 0 Å². The largest absolute Gasteiger partial charge is 0.497 e. The summed E-state index contributed by atoms with van der Waals surface area (Å²) in [5.74, 6) is 1.46. The van der Waals surface area contributed by atoms with Crippen molar-refractivity contribution in [3.05, 3.63) is 54.1 Å². The standard InChI is InChI=1S/C17H16F3N3O/c1-24-15-7-5-13(6-8-15)21-16-9-10-23(22-16)14-4-2-3-12(11-14)17(18,19)20/h2-8,11H,9-10H2,1H3,(H,21,22). The van der Waals surface area contributed by atoms with Gasteiger partial charge in [-0.15, -0.1) is 0 Å². The lowest BCUT2D eigenvalue weighted by Crippen LogP contribution is -2.13. The number of nitrogens with one attached hydrogen (secondary N) is 1. The fourth-order valence-corrected chi connectivity index (χ4v) is 2.42. The molecule has 0 bridgehead atoms. The number of nitrogens with zero attached hydrogens (tertiary/aromatic N) is 2. The summed E-state index contributed by atoms with van der Waals surface area (Å²) >= 11 is 0. The number of amidine groups is 1. The van der Waals surface area contributed by atoms with Gasteiger partial charge in [0.1, 0.15) is 11.6 Å². The Morgan fingerprint density at radius 3 is 2.54 bits per heavy atom. The van der Waals surface area contributed by atoms with Crippen LogP contribution >= 0.6 is 0 Å². The minimum Gasteiger partial charge on any atom is -0.497 e. The Labute approximate surface area is 137 Å². The topological polar surface area (TPSA) is 36.9 Å². The molecule has 7 heteroatoms. The second-order valence-corrected chi connectivity index (χ2v) is 5.32. The minimum atomic E-state index is -4.36. The average molecular weight is 335 g/mol. The van der Waals surface area contributed by atoms with Crippen molar-refractivity contribution in [1.29, 1.82) is 0 Å².